The van der Waals surface area contributed by atoms with Gasteiger partial charge in [0.2, 0.25) is 5.89 Å². The fourth-order valence-electron chi connectivity index (χ4n) is 2.67. The SMILES string of the molecule is CC(C)C(O)Cc1nc(C2Cc3ccccc3C2)no1. The number of benzene rings is 1. The van der Waals surface area contributed by atoms with Crippen LogP contribution in [0.2, 0.25) is 0 Å². The third-order valence-corrected chi connectivity index (χ3v) is 4.05. The quantitative estimate of drug-likeness (QED) is 0.929. The van der Waals surface area contributed by atoms with E-state index >= 15 is 0 Å². The number of aliphatic hydroxyl groups is 1. The number of aromatic nitrogens is 2. The molecular formula is C16H20N2O2. The average molecular weight is 272 g/mol. The van der Waals surface area contributed by atoms with Crippen molar-refractivity contribution in [2.24, 2.45) is 5.92 Å². The van der Waals surface area contributed by atoms with Crippen molar-refractivity contribution in [1.29, 1.82) is 0 Å². The summed E-state index contributed by atoms with van der Waals surface area (Å²) < 4.78 is 5.28. The Morgan fingerprint density at radius 1 is 1.25 bits per heavy atom. The Bertz CT molecular complexity index is 567. The van der Waals surface area contributed by atoms with Gasteiger partial charge in [0.1, 0.15) is 0 Å². The van der Waals surface area contributed by atoms with Crippen LogP contribution in [-0.2, 0) is 19.3 Å². The Balaban J connectivity index is 1.70. The number of aliphatic hydroxyl groups excluding tert-OH is 1. The van der Waals surface area contributed by atoms with Crippen LogP contribution < -0.4 is 0 Å². The molecule has 0 saturated carbocycles. The highest BCUT2D eigenvalue weighted by atomic mass is 16.5. The predicted octanol–water partition coefficient (Wildman–Crippen LogP) is 2.51. The number of hydrogen-bond acceptors (Lipinski definition) is 4. The molecule has 1 N–H and O–H groups in total. The van der Waals surface area contributed by atoms with Gasteiger partial charge in [-0.3, -0.25) is 0 Å². The summed E-state index contributed by atoms with van der Waals surface area (Å²) in [7, 11) is 0. The van der Waals surface area contributed by atoms with Crippen molar-refractivity contribution in [1.82, 2.24) is 10.1 Å². The summed E-state index contributed by atoms with van der Waals surface area (Å²) in [4.78, 5) is 4.46. The van der Waals surface area contributed by atoms with Gasteiger partial charge < -0.3 is 9.63 Å². The topological polar surface area (TPSA) is 59.2 Å². The zero-order valence-corrected chi connectivity index (χ0v) is 11.9. The molecule has 0 spiro atoms. The molecule has 3 rings (SSSR count). The summed E-state index contributed by atoms with van der Waals surface area (Å²) in [6, 6.07) is 8.47. The standard InChI is InChI=1S/C16H20N2O2/c1-10(2)14(19)9-15-17-16(18-20-15)13-7-11-5-3-4-6-12(11)8-13/h3-6,10,13-14,19H,7-9H2,1-2H3. The van der Waals surface area contributed by atoms with Crippen LogP contribution in [0.5, 0.6) is 0 Å². The lowest BCUT2D eigenvalue weighted by Crippen LogP contribution is -2.17. The van der Waals surface area contributed by atoms with Crippen LogP contribution >= 0.6 is 0 Å². The average Bonchev–Trinajstić information content (AvgIpc) is 3.03. The molecule has 0 aliphatic heterocycles. The first-order valence-electron chi connectivity index (χ1n) is 7.21. The predicted molar refractivity (Wildman–Crippen MR) is 75.4 cm³/mol. The maximum Gasteiger partial charge on any atom is 0.229 e. The first kappa shape index (κ1) is 13.3. The lowest BCUT2D eigenvalue weighted by molar-refractivity contribution is 0.116. The van der Waals surface area contributed by atoms with E-state index in [0.29, 0.717) is 18.2 Å². The van der Waals surface area contributed by atoms with Crippen LogP contribution in [0, 0.1) is 5.92 Å². The Morgan fingerprint density at radius 3 is 2.50 bits per heavy atom. The fourth-order valence-corrected chi connectivity index (χ4v) is 2.67. The van der Waals surface area contributed by atoms with E-state index in [1.54, 1.807) is 0 Å². The molecule has 2 aromatic rings. The van der Waals surface area contributed by atoms with E-state index in [1.807, 2.05) is 13.8 Å². The Kier molecular flexibility index (Phi) is 3.57. The van der Waals surface area contributed by atoms with Crippen molar-refractivity contribution in [3.63, 3.8) is 0 Å². The number of nitrogens with zero attached hydrogens (tertiary/aromatic N) is 2. The first-order valence-corrected chi connectivity index (χ1v) is 7.21. The second-order valence-electron chi connectivity index (χ2n) is 5.94. The molecule has 0 saturated heterocycles. The van der Waals surface area contributed by atoms with Gasteiger partial charge in [-0.1, -0.05) is 43.3 Å². The second-order valence-corrected chi connectivity index (χ2v) is 5.94. The molecular weight excluding hydrogens is 252 g/mol. The van der Waals surface area contributed by atoms with Crippen molar-refractivity contribution < 1.29 is 9.63 Å². The van der Waals surface area contributed by atoms with Crippen molar-refractivity contribution in [2.45, 2.75) is 45.1 Å². The van der Waals surface area contributed by atoms with Gasteiger partial charge in [0.05, 0.1) is 12.5 Å². The normalized spacial score (nSPS) is 16.6. The number of fused-ring (bicyclic) bond motifs is 1. The number of hydrogen-bond donors (Lipinski definition) is 1. The van der Waals surface area contributed by atoms with E-state index in [1.165, 1.54) is 11.1 Å². The van der Waals surface area contributed by atoms with Crippen molar-refractivity contribution >= 4 is 0 Å². The lowest BCUT2D eigenvalue weighted by atomic mass is 10.0. The van der Waals surface area contributed by atoms with Crippen molar-refractivity contribution in [2.75, 3.05) is 0 Å². The summed E-state index contributed by atoms with van der Waals surface area (Å²) in [6.45, 7) is 3.96. The van der Waals surface area contributed by atoms with Gasteiger partial charge in [0.25, 0.3) is 0 Å². The molecule has 1 atom stereocenters. The summed E-state index contributed by atoms with van der Waals surface area (Å²) in [6.07, 6.45) is 1.96. The monoisotopic (exact) mass is 272 g/mol. The van der Waals surface area contributed by atoms with E-state index in [-0.39, 0.29) is 5.92 Å². The second kappa shape index (κ2) is 5.37. The molecule has 0 bridgehead atoms. The summed E-state index contributed by atoms with van der Waals surface area (Å²) in [5.74, 6) is 1.81. The Hall–Kier alpha value is -1.68. The molecule has 1 aromatic carbocycles. The minimum atomic E-state index is -0.427. The van der Waals surface area contributed by atoms with E-state index < -0.39 is 6.10 Å². The van der Waals surface area contributed by atoms with Gasteiger partial charge in [-0.05, 0) is 29.9 Å². The molecule has 0 fully saturated rings. The minimum absolute atomic E-state index is 0.195. The van der Waals surface area contributed by atoms with Crippen LogP contribution in [0.4, 0.5) is 0 Å². The molecule has 1 heterocycles. The van der Waals surface area contributed by atoms with Crippen LogP contribution in [0.3, 0.4) is 0 Å². The number of rotatable bonds is 4. The largest absolute Gasteiger partial charge is 0.392 e. The van der Waals surface area contributed by atoms with Crippen LogP contribution in [0.1, 0.15) is 42.6 Å². The molecule has 1 aliphatic rings. The highest BCUT2D eigenvalue weighted by Gasteiger charge is 2.27. The van der Waals surface area contributed by atoms with Crippen LogP contribution in [0.25, 0.3) is 0 Å². The lowest BCUT2D eigenvalue weighted by Gasteiger charge is -2.10. The molecule has 0 radical (unpaired) electrons. The van der Waals surface area contributed by atoms with Crippen molar-refractivity contribution in [3.8, 4) is 0 Å². The van der Waals surface area contributed by atoms with Gasteiger partial charge >= 0.3 is 0 Å². The summed E-state index contributed by atoms with van der Waals surface area (Å²) in [5, 5.41) is 14.0. The third kappa shape index (κ3) is 2.61. The smallest absolute Gasteiger partial charge is 0.229 e. The Morgan fingerprint density at radius 2 is 1.90 bits per heavy atom. The maximum absolute atomic E-state index is 9.87. The van der Waals surface area contributed by atoms with Crippen LogP contribution in [0.15, 0.2) is 28.8 Å². The van der Waals surface area contributed by atoms with Gasteiger partial charge in [-0.2, -0.15) is 4.98 Å². The highest BCUT2D eigenvalue weighted by Crippen LogP contribution is 2.32. The van der Waals surface area contributed by atoms with E-state index in [0.717, 1.165) is 18.7 Å². The molecule has 4 nitrogen and oxygen atoms in total. The molecule has 1 aromatic heterocycles. The molecule has 0 amide bonds. The van der Waals surface area contributed by atoms with Crippen LogP contribution in [-0.4, -0.2) is 21.4 Å². The summed E-state index contributed by atoms with van der Waals surface area (Å²) in [5.41, 5.74) is 2.76. The maximum atomic E-state index is 9.87. The zero-order chi connectivity index (χ0) is 14.1. The van der Waals surface area contributed by atoms with E-state index in [4.69, 9.17) is 4.52 Å². The first-order chi connectivity index (χ1) is 9.63. The van der Waals surface area contributed by atoms with Crippen molar-refractivity contribution in [3.05, 3.63) is 47.1 Å². The van der Waals surface area contributed by atoms with E-state index in [2.05, 4.69) is 34.4 Å². The van der Waals surface area contributed by atoms with Gasteiger partial charge in [-0.25, -0.2) is 0 Å². The van der Waals surface area contributed by atoms with Gasteiger partial charge in [-0.15, -0.1) is 0 Å². The molecule has 106 valence electrons. The molecule has 1 aliphatic carbocycles. The van der Waals surface area contributed by atoms with Gasteiger partial charge in [0.15, 0.2) is 5.82 Å². The van der Waals surface area contributed by atoms with E-state index in [9.17, 15) is 5.11 Å². The zero-order valence-electron chi connectivity index (χ0n) is 11.9. The van der Waals surface area contributed by atoms with Gasteiger partial charge in [0, 0.05) is 5.92 Å². The Labute approximate surface area is 118 Å². The fraction of sp³-hybridized carbons (Fsp3) is 0.500. The third-order valence-electron chi connectivity index (χ3n) is 4.05. The highest BCUT2D eigenvalue weighted by molar-refractivity contribution is 5.34. The summed E-state index contributed by atoms with van der Waals surface area (Å²) >= 11 is 0. The minimum Gasteiger partial charge on any atom is -0.392 e. The molecule has 20 heavy (non-hydrogen) atoms. The molecule has 4 heteroatoms. The molecule has 1 unspecified atom stereocenters.